The van der Waals surface area contributed by atoms with Crippen molar-refractivity contribution in [2.75, 3.05) is 53.6 Å². The van der Waals surface area contributed by atoms with Crippen molar-refractivity contribution in [1.82, 2.24) is 4.90 Å². The second-order valence-electron chi connectivity index (χ2n) is 8.12. The molecular weight excluding hydrogens is 334 g/mol. The molecule has 0 aromatic heterocycles. The third-order valence-corrected chi connectivity index (χ3v) is 6.09. The number of oxime groups is 1. The van der Waals surface area contributed by atoms with E-state index in [-0.39, 0.29) is 17.4 Å². The van der Waals surface area contributed by atoms with Crippen molar-refractivity contribution >= 4 is 6.21 Å². The highest BCUT2D eigenvalue weighted by atomic mass is 16.6. The van der Waals surface area contributed by atoms with E-state index >= 15 is 0 Å². The van der Waals surface area contributed by atoms with E-state index in [1.807, 2.05) is 20.3 Å². The molecule has 0 aromatic rings. The quantitative estimate of drug-likeness (QED) is 0.323. The lowest BCUT2D eigenvalue weighted by atomic mass is 9.62. The summed E-state index contributed by atoms with van der Waals surface area (Å²) in [6, 6.07) is 0. The third-order valence-electron chi connectivity index (χ3n) is 6.09. The Morgan fingerprint density at radius 3 is 2.73 bits per heavy atom. The lowest BCUT2D eigenvalue weighted by Gasteiger charge is -2.48. The number of aliphatic hydroxyl groups is 1. The van der Waals surface area contributed by atoms with Gasteiger partial charge >= 0.3 is 0 Å². The smallest absolute Gasteiger partial charge is 0.129 e. The van der Waals surface area contributed by atoms with E-state index in [0.717, 1.165) is 38.8 Å². The monoisotopic (exact) mass is 371 g/mol. The van der Waals surface area contributed by atoms with E-state index in [1.165, 1.54) is 0 Å². The maximum Gasteiger partial charge on any atom is 0.129 e. The van der Waals surface area contributed by atoms with Crippen LogP contribution in [0.2, 0.25) is 0 Å². The molecule has 0 aliphatic heterocycles. The Bertz CT molecular complexity index is 449. The number of hydrogen-bond donors (Lipinski definition) is 2. The fourth-order valence-corrected chi connectivity index (χ4v) is 4.26. The molecule has 26 heavy (non-hydrogen) atoms. The molecule has 0 saturated heterocycles. The van der Waals surface area contributed by atoms with Crippen LogP contribution in [0.4, 0.5) is 0 Å². The molecule has 2 saturated carbocycles. The van der Waals surface area contributed by atoms with Crippen LogP contribution >= 0.6 is 0 Å². The van der Waals surface area contributed by atoms with E-state index in [0.29, 0.717) is 32.8 Å². The summed E-state index contributed by atoms with van der Waals surface area (Å²) in [6.45, 7) is 5.89. The maximum absolute atomic E-state index is 11.3. The van der Waals surface area contributed by atoms with Crippen LogP contribution < -0.4 is 5.73 Å². The first-order chi connectivity index (χ1) is 12.4. The van der Waals surface area contributed by atoms with Gasteiger partial charge in [-0.2, -0.15) is 0 Å². The molecular formula is C19H37N3O4. The number of rotatable bonds is 11. The van der Waals surface area contributed by atoms with Crippen LogP contribution in [0.1, 0.15) is 39.0 Å². The number of ether oxygens (including phenoxy) is 2. The number of likely N-dealkylation sites (N-methyl/N-ethyl adjacent to an activating group) is 1. The molecule has 2 aliphatic carbocycles. The van der Waals surface area contributed by atoms with Crippen molar-refractivity contribution in [3.05, 3.63) is 0 Å². The lowest BCUT2D eigenvalue weighted by molar-refractivity contribution is -0.140. The number of nitrogens with two attached hydrogens (primary N) is 1. The molecule has 0 amide bonds. The predicted octanol–water partition coefficient (Wildman–Crippen LogP) is 1.24. The fraction of sp³-hybridized carbons (Fsp3) is 0.947. The molecule has 2 rings (SSSR count). The second-order valence-corrected chi connectivity index (χ2v) is 8.12. The van der Waals surface area contributed by atoms with Gasteiger partial charge in [-0.25, -0.2) is 0 Å². The van der Waals surface area contributed by atoms with Crippen molar-refractivity contribution in [3.8, 4) is 0 Å². The number of hydrogen-bond acceptors (Lipinski definition) is 7. The van der Waals surface area contributed by atoms with E-state index in [4.69, 9.17) is 20.0 Å². The molecule has 0 unspecified atom stereocenters. The van der Waals surface area contributed by atoms with Crippen LogP contribution in [0.15, 0.2) is 5.16 Å². The van der Waals surface area contributed by atoms with Crippen molar-refractivity contribution in [2.45, 2.75) is 50.7 Å². The molecule has 7 nitrogen and oxygen atoms in total. The molecule has 4 atom stereocenters. The van der Waals surface area contributed by atoms with Crippen LogP contribution in [0.25, 0.3) is 0 Å². The van der Waals surface area contributed by atoms with Gasteiger partial charge in [0.25, 0.3) is 0 Å². The fourth-order valence-electron chi connectivity index (χ4n) is 4.26. The molecule has 0 heterocycles. The summed E-state index contributed by atoms with van der Waals surface area (Å²) in [5, 5.41) is 15.3. The van der Waals surface area contributed by atoms with Crippen molar-refractivity contribution in [3.63, 3.8) is 0 Å². The van der Waals surface area contributed by atoms with Crippen LogP contribution in [0.3, 0.4) is 0 Å². The Balaban J connectivity index is 1.76. The summed E-state index contributed by atoms with van der Waals surface area (Å²) in [4.78, 5) is 7.24. The normalized spacial score (nSPS) is 34.5. The van der Waals surface area contributed by atoms with Crippen LogP contribution in [0, 0.1) is 11.3 Å². The molecule has 0 spiro atoms. The molecule has 152 valence electrons. The average molecular weight is 372 g/mol. The van der Waals surface area contributed by atoms with Crippen molar-refractivity contribution in [1.29, 1.82) is 0 Å². The van der Waals surface area contributed by atoms with Gasteiger partial charge < -0.3 is 30.1 Å². The molecule has 2 aliphatic rings. The van der Waals surface area contributed by atoms with Gasteiger partial charge in [-0.15, -0.1) is 0 Å². The van der Waals surface area contributed by atoms with Gasteiger partial charge in [-0.3, -0.25) is 0 Å². The Morgan fingerprint density at radius 1 is 1.19 bits per heavy atom. The summed E-state index contributed by atoms with van der Waals surface area (Å²) in [5.74, 6) is 0.237. The summed E-state index contributed by atoms with van der Waals surface area (Å²) >= 11 is 0. The molecule has 0 radical (unpaired) electrons. The SMILES string of the molecule is CN(C)CCOCCO[C@H]1CC[C@]2(C)[C@@H](/C=N/OCCN)CC[C@]2(O)C1. The third kappa shape index (κ3) is 5.39. The molecule has 0 aromatic carbocycles. The van der Waals surface area contributed by atoms with Crippen LogP contribution in [-0.2, 0) is 14.3 Å². The summed E-state index contributed by atoms with van der Waals surface area (Å²) in [7, 11) is 4.06. The van der Waals surface area contributed by atoms with Crippen LogP contribution in [0.5, 0.6) is 0 Å². The Morgan fingerprint density at radius 2 is 2.00 bits per heavy atom. The van der Waals surface area contributed by atoms with Crippen molar-refractivity contribution in [2.24, 2.45) is 22.2 Å². The molecule has 2 fully saturated rings. The first kappa shape index (κ1) is 21.6. The second kappa shape index (κ2) is 9.99. The molecule has 3 N–H and O–H groups in total. The highest BCUT2D eigenvalue weighted by Gasteiger charge is 2.58. The molecule has 7 heteroatoms. The Hall–Kier alpha value is -0.730. The van der Waals surface area contributed by atoms with Gasteiger partial charge in [0.1, 0.15) is 6.61 Å². The highest BCUT2D eigenvalue weighted by Crippen LogP contribution is 2.57. The summed E-state index contributed by atoms with van der Waals surface area (Å²) < 4.78 is 11.6. The Kier molecular flexibility index (Phi) is 8.29. The van der Waals surface area contributed by atoms with Gasteiger partial charge in [0.05, 0.1) is 31.5 Å². The Labute approximate surface area is 157 Å². The predicted molar refractivity (Wildman–Crippen MR) is 102 cm³/mol. The largest absolute Gasteiger partial charge is 0.395 e. The minimum Gasteiger partial charge on any atom is -0.395 e. The van der Waals surface area contributed by atoms with E-state index in [9.17, 15) is 5.11 Å². The van der Waals surface area contributed by atoms with Gasteiger partial charge in [0, 0.05) is 37.1 Å². The van der Waals surface area contributed by atoms with Crippen LogP contribution in [-0.4, -0.2) is 81.5 Å². The van der Waals surface area contributed by atoms with Crippen molar-refractivity contribution < 1.29 is 19.4 Å². The van der Waals surface area contributed by atoms with E-state index in [2.05, 4.69) is 17.0 Å². The summed E-state index contributed by atoms with van der Waals surface area (Å²) in [6.07, 6.45) is 6.28. The van der Waals surface area contributed by atoms with E-state index < -0.39 is 5.60 Å². The first-order valence-electron chi connectivity index (χ1n) is 9.83. The minimum atomic E-state index is -0.688. The van der Waals surface area contributed by atoms with Gasteiger partial charge in [-0.05, 0) is 39.8 Å². The maximum atomic E-state index is 11.3. The zero-order chi connectivity index (χ0) is 19.0. The number of nitrogens with zero attached hydrogens (tertiary/aromatic N) is 2. The standard InChI is InChI=1S/C19H37N3O4/c1-18-6-5-17(25-13-12-24-11-9-22(2)3)14-19(18,23)7-4-16(18)15-21-26-10-8-20/h15-17,23H,4-14,20H2,1-3H3/b21-15+/t16-,17+,18-,19+/m1/s1. The topological polar surface area (TPSA) is 89.5 Å². The lowest BCUT2D eigenvalue weighted by Crippen LogP contribution is -2.51. The first-order valence-corrected chi connectivity index (χ1v) is 9.83. The van der Waals surface area contributed by atoms with Gasteiger partial charge in [-0.1, -0.05) is 12.1 Å². The average Bonchev–Trinajstić information content (AvgIpc) is 2.85. The highest BCUT2D eigenvalue weighted by molar-refractivity contribution is 5.62. The zero-order valence-corrected chi connectivity index (χ0v) is 16.7. The zero-order valence-electron chi connectivity index (χ0n) is 16.7. The van der Waals surface area contributed by atoms with Gasteiger partial charge in [0.15, 0.2) is 0 Å². The summed E-state index contributed by atoms with van der Waals surface area (Å²) in [5.41, 5.74) is 4.56. The number of fused-ring (bicyclic) bond motifs is 1. The minimum absolute atomic E-state index is 0.106. The molecule has 0 bridgehead atoms. The van der Waals surface area contributed by atoms with Gasteiger partial charge in [0.2, 0.25) is 0 Å². The van der Waals surface area contributed by atoms with E-state index in [1.54, 1.807) is 0 Å².